The van der Waals surface area contributed by atoms with Crippen molar-refractivity contribution in [3.8, 4) is 0 Å². The molecule has 0 saturated heterocycles. The molecule has 108 valence electrons. The van der Waals surface area contributed by atoms with Gasteiger partial charge in [-0.25, -0.2) is 13.1 Å². The van der Waals surface area contributed by atoms with Crippen LogP contribution in [0.4, 0.5) is 0 Å². The molecule has 1 aliphatic carbocycles. The number of sulfonamides is 1. The molecule has 1 aromatic rings. The van der Waals surface area contributed by atoms with Gasteiger partial charge in [-0.3, -0.25) is 0 Å². The predicted octanol–water partition coefficient (Wildman–Crippen LogP) is 2.31. The number of thiophene rings is 1. The van der Waals surface area contributed by atoms with Gasteiger partial charge in [-0.15, -0.1) is 11.3 Å². The van der Waals surface area contributed by atoms with E-state index in [9.17, 15) is 8.42 Å². The molecule has 4 nitrogen and oxygen atoms in total. The Balaban J connectivity index is 2.09. The monoisotopic (exact) mass is 302 g/mol. The molecular weight excluding hydrogens is 280 g/mol. The van der Waals surface area contributed by atoms with E-state index < -0.39 is 10.0 Å². The van der Waals surface area contributed by atoms with Crippen LogP contribution in [0.25, 0.3) is 0 Å². The maximum Gasteiger partial charge on any atom is 0.241 e. The molecule has 3 atom stereocenters. The summed E-state index contributed by atoms with van der Waals surface area (Å²) < 4.78 is 27.5. The molecule has 1 aliphatic rings. The van der Waals surface area contributed by atoms with E-state index in [1.54, 1.807) is 11.4 Å². The van der Waals surface area contributed by atoms with Gasteiger partial charge < -0.3 is 5.73 Å². The molecule has 1 aromatic heterocycles. The second kappa shape index (κ2) is 5.91. The third kappa shape index (κ3) is 3.18. The largest absolute Gasteiger partial charge is 0.326 e. The van der Waals surface area contributed by atoms with Crippen LogP contribution in [0.5, 0.6) is 0 Å². The average Bonchev–Trinajstić information content (AvgIpc) is 2.98. The van der Waals surface area contributed by atoms with Gasteiger partial charge in [0.2, 0.25) is 10.0 Å². The van der Waals surface area contributed by atoms with Crippen LogP contribution in [0.3, 0.4) is 0 Å². The van der Waals surface area contributed by atoms with Gasteiger partial charge in [-0.2, -0.15) is 0 Å². The fourth-order valence-corrected chi connectivity index (χ4v) is 5.38. The Morgan fingerprint density at radius 2 is 2.21 bits per heavy atom. The van der Waals surface area contributed by atoms with Crippen molar-refractivity contribution in [1.82, 2.24) is 4.72 Å². The molecule has 1 saturated carbocycles. The van der Waals surface area contributed by atoms with Crippen molar-refractivity contribution in [2.45, 2.75) is 50.6 Å². The van der Waals surface area contributed by atoms with Crippen molar-refractivity contribution < 1.29 is 8.42 Å². The zero-order chi connectivity index (χ0) is 14.0. The molecule has 1 heterocycles. The van der Waals surface area contributed by atoms with Gasteiger partial charge in [0.05, 0.1) is 4.90 Å². The van der Waals surface area contributed by atoms with Crippen molar-refractivity contribution in [1.29, 1.82) is 0 Å². The molecule has 0 radical (unpaired) electrons. The van der Waals surface area contributed by atoms with Crippen LogP contribution in [0, 0.1) is 11.8 Å². The number of nitrogens with two attached hydrogens (primary N) is 1. The van der Waals surface area contributed by atoms with Crippen LogP contribution in [0.2, 0.25) is 0 Å². The smallest absolute Gasteiger partial charge is 0.241 e. The quantitative estimate of drug-likeness (QED) is 0.876. The van der Waals surface area contributed by atoms with Crippen LogP contribution >= 0.6 is 11.3 Å². The van der Waals surface area contributed by atoms with E-state index in [0.717, 1.165) is 24.1 Å². The molecule has 0 aromatic carbocycles. The summed E-state index contributed by atoms with van der Waals surface area (Å²) in [6.45, 7) is 4.70. The molecular formula is C13H22N2O2S2. The van der Waals surface area contributed by atoms with E-state index in [1.807, 2.05) is 0 Å². The second-order valence-electron chi connectivity index (χ2n) is 5.29. The Kier molecular flexibility index (Phi) is 4.66. The minimum Gasteiger partial charge on any atom is -0.326 e. The summed E-state index contributed by atoms with van der Waals surface area (Å²) in [5, 5.41) is 1.67. The van der Waals surface area contributed by atoms with E-state index in [4.69, 9.17) is 5.73 Å². The van der Waals surface area contributed by atoms with Gasteiger partial charge in [0.1, 0.15) is 0 Å². The number of nitrogens with one attached hydrogen (secondary N) is 1. The summed E-state index contributed by atoms with van der Waals surface area (Å²) in [7, 11) is -3.39. The van der Waals surface area contributed by atoms with Crippen molar-refractivity contribution in [3.63, 3.8) is 0 Å². The number of hydrogen-bond donors (Lipinski definition) is 2. The summed E-state index contributed by atoms with van der Waals surface area (Å²) in [6.07, 6.45) is 3.17. The Morgan fingerprint density at radius 1 is 1.47 bits per heavy atom. The summed E-state index contributed by atoms with van der Waals surface area (Å²) in [5.74, 6) is 1.04. The van der Waals surface area contributed by atoms with E-state index in [1.165, 1.54) is 11.3 Å². The molecule has 3 N–H and O–H groups in total. The van der Waals surface area contributed by atoms with Crippen molar-refractivity contribution in [2.75, 3.05) is 0 Å². The Bertz CT molecular complexity index is 525. The number of rotatable bonds is 5. The molecule has 3 unspecified atom stereocenters. The predicted molar refractivity (Wildman–Crippen MR) is 78.5 cm³/mol. The van der Waals surface area contributed by atoms with Gasteiger partial charge in [-0.05, 0) is 30.7 Å². The lowest BCUT2D eigenvalue weighted by atomic mass is 9.94. The van der Waals surface area contributed by atoms with Gasteiger partial charge >= 0.3 is 0 Å². The Hall–Kier alpha value is -0.430. The lowest BCUT2D eigenvalue weighted by Crippen LogP contribution is -2.37. The molecule has 19 heavy (non-hydrogen) atoms. The lowest BCUT2D eigenvalue weighted by molar-refractivity contribution is 0.368. The fraction of sp³-hybridized carbons (Fsp3) is 0.692. The topological polar surface area (TPSA) is 72.2 Å². The minimum atomic E-state index is -3.39. The van der Waals surface area contributed by atoms with Crippen LogP contribution in [-0.4, -0.2) is 14.5 Å². The highest BCUT2D eigenvalue weighted by Crippen LogP contribution is 2.34. The molecule has 0 spiro atoms. The van der Waals surface area contributed by atoms with Crippen LogP contribution in [-0.2, 0) is 16.6 Å². The fourth-order valence-electron chi connectivity index (χ4n) is 2.87. The van der Waals surface area contributed by atoms with Crippen molar-refractivity contribution in [3.05, 3.63) is 16.3 Å². The van der Waals surface area contributed by atoms with E-state index in [-0.39, 0.29) is 6.04 Å². The van der Waals surface area contributed by atoms with E-state index in [2.05, 4.69) is 18.6 Å². The summed E-state index contributed by atoms with van der Waals surface area (Å²) >= 11 is 1.40. The second-order valence-corrected chi connectivity index (χ2v) is 8.00. The lowest BCUT2D eigenvalue weighted by Gasteiger charge is -2.20. The van der Waals surface area contributed by atoms with Crippen LogP contribution in [0.15, 0.2) is 16.3 Å². The van der Waals surface area contributed by atoms with Gasteiger partial charge in [0, 0.05) is 22.8 Å². The third-order valence-electron chi connectivity index (χ3n) is 4.20. The zero-order valence-corrected chi connectivity index (χ0v) is 13.1. The highest BCUT2D eigenvalue weighted by molar-refractivity contribution is 7.89. The molecule has 2 rings (SSSR count). The van der Waals surface area contributed by atoms with Crippen molar-refractivity contribution in [2.24, 2.45) is 17.6 Å². The number of hydrogen-bond acceptors (Lipinski definition) is 4. The first kappa shape index (κ1) is 15.0. The molecule has 0 aliphatic heterocycles. The third-order valence-corrected chi connectivity index (χ3v) is 6.78. The SMILES string of the molecule is CCC1CCC(NS(=O)(=O)c2csc(CN)c2)C1C. The Morgan fingerprint density at radius 3 is 2.74 bits per heavy atom. The highest BCUT2D eigenvalue weighted by atomic mass is 32.2. The highest BCUT2D eigenvalue weighted by Gasteiger charge is 2.34. The van der Waals surface area contributed by atoms with Crippen LogP contribution < -0.4 is 10.5 Å². The minimum absolute atomic E-state index is 0.0659. The summed E-state index contributed by atoms with van der Waals surface area (Å²) in [5.41, 5.74) is 5.52. The van der Waals surface area contributed by atoms with E-state index in [0.29, 0.717) is 23.3 Å². The maximum absolute atomic E-state index is 12.3. The zero-order valence-electron chi connectivity index (χ0n) is 11.4. The first-order chi connectivity index (χ1) is 8.97. The van der Waals surface area contributed by atoms with Gasteiger partial charge in [0.15, 0.2) is 0 Å². The molecule has 0 amide bonds. The molecule has 6 heteroatoms. The molecule has 1 fully saturated rings. The first-order valence-corrected chi connectivity index (χ1v) is 9.14. The first-order valence-electron chi connectivity index (χ1n) is 6.77. The van der Waals surface area contributed by atoms with Crippen molar-refractivity contribution >= 4 is 21.4 Å². The summed E-state index contributed by atoms with van der Waals surface area (Å²) in [4.78, 5) is 1.25. The average molecular weight is 302 g/mol. The standard InChI is InChI=1S/C13H22N2O2S2/c1-3-10-4-5-13(9(10)2)15-19(16,17)12-6-11(7-14)18-8-12/h6,8-10,13,15H,3-5,7,14H2,1-2H3. The normalized spacial score (nSPS) is 27.8. The maximum atomic E-state index is 12.3. The van der Waals surface area contributed by atoms with Gasteiger partial charge in [0.25, 0.3) is 0 Å². The van der Waals surface area contributed by atoms with E-state index >= 15 is 0 Å². The summed E-state index contributed by atoms with van der Waals surface area (Å²) in [6, 6.07) is 1.74. The molecule has 0 bridgehead atoms. The Labute approximate surface area is 119 Å². The van der Waals surface area contributed by atoms with Crippen LogP contribution in [0.1, 0.15) is 38.0 Å². The van der Waals surface area contributed by atoms with Gasteiger partial charge in [-0.1, -0.05) is 20.3 Å².